The van der Waals surface area contributed by atoms with E-state index in [9.17, 15) is 9.59 Å². The molecule has 2 aromatic carbocycles. The van der Waals surface area contributed by atoms with Gasteiger partial charge in [0, 0.05) is 11.3 Å². The first kappa shape index (κ1) is 16.7. The van der Waals surface area contributed by atoms with Gasteiger partial charge in [-0.25, -0.2) is 4.79 Å². The van der Waals surface area contributed by atoms with Gasteiger partial charge in [0.25, 0.3) is 5.91 Å². The van der Waals surface area contributed by atoms with Gasteiger partial charge in [0.2, 0.25) is 0 Å². The van der Waals surface area contributed by atoms with Crippen LogP contribution in [0.5, 0.6) is 0 Å². The molecule has 23 heavy (non-hydrogen) atoms. The van der Waals surface area contributed by atoms with Crippen molar-refractivity contribution in [2.24, 2.45) is 0 Å². The van der Waals surface area contributed by atoms with Crippen molar-refractivity contribution in [2.45, 2.75) is 27.7 Å². The fourth-order valence-electron chi connectivity index (χ4n) is 2.36. The second kappa shape index (κ2) is 7.09. The Hall–Kier alpha value is -2.62. The van der Waals surface area contributed by atoms with Crippen molar-refractivity contribution in [2.75, 3.05) is 11.9 Å². The number of aryl methyl sites for hydroxylation is 3. The Bertz CT molecular complexity index is 750. The summed E-state index contributed by atoms with van der Waals surface area (Å²) in [6, 6.07) is 10.8. The van der Waals surface area contributed by atoms with Crippen molar-refractivity contribution < 1.29 is 14.3 Å². The van der Waals surface area contributed by atoms with Crippen LogP contribution in [-0.4, -0.2) is 18.5 Å². The molecule has 0 aliphatic rings. The van der Waals surface area contributed by atoms with Gasteiger partial charge in [-0.1, -0.05) is 23.8 Å². The molecule has 0 aliphatic carbocycles. The minimum Gasteiger partial charge on any atom is -0.462 e. The van der Waals surface area contributed by atoms with E-state index in [0.29, 0.717) is 23.4 Å². The molecule has 0 saturated carbocycles. The molecule has 0 atom stereocenters. The van der Waals surface area contributed by atoms with Crippen LogP contribution in [0.4, 0.5) is 5.69 Å². The largest absolute Gasteiger partial charge is 0.462 e. The second-order valence-corrected chi connectivity index (χ2v) is 5.52. The van der Waals surface area contributed by atoms with Crippen molar-refractivity contribution in [1.29, 1.82) is 0 Å². The molecule has 0 unspecified atom stereocenters. The third kappa shape index (κ3) is 3.97. The lowest BCUT2D eigenvalue weighted by molar-refractivity contribution is 0.0526. The van der Waals surface area contributed by atoms with Crippen LogP contribution in [-0.2, 0) is 4.74 Å². The zero-order valence-electron chi connectivity index (χ0n) is 13.9. The van der Waals surface area contributed by atoms with E-state index in [1.807, 2.05) is 39.0 Å². The summed E-state index contributed by atoms with van der Waals surface area (Å²) in [7, 11) is 0. The third-order valence-corrected chi connectivity index (χ3v) is 3.62. The molecule has 0 saturated heterocycles. The summed E-state index contributed by atoms with van der Waals surface area (Å²) in [4.78, 5) is 24.3. The van der Waals surface area contributed by atoms with E-state index >= 15 is 0 Å². The molecule has 0 radical (unpaired) electrons. The van der Waals surface area contributed by atoms with E-state index in [1.165, 1.54) is 0 Å². The van der Waals surface area contributed by atoms with Crippen molar-refractivity contribution >= 4 is 17.6 Å². The Morgan fingerprint density at radius 2 is 1.74 bits per heavy atom. The lowest BCUT2D eigenvalue weighted by Gasteiger charge is -2.12. The molecule has 0 aliphatic heterocycles. The molecule has 0 aromatic heterocycles. The van der Waals surface area contributed by atoms with Gasteiger partial charge in [-0.3, -0.25) is 4.79 Å². The highest BCUT2D eigenvalue weighted by Gasteiger charge is 2.13. The molecule has 0 spiro atoms. The van der Waals surface area contributed by atoms with Crippen LogP contribution in [0.2, 0.25) is 0 Å². The highest BCUT2D eigenvalue weighted by Crippen LogP contribution is 2.20. The summed E-state index contributed by atoms with van der Waals surface area (Å²) in [5, 5.41) is 2.88. The summed E-state index contributed by atoms with van der Waals surface area (Å²) in [5.41, 5.74) is 4.57. The fourth-order valence-corrected chi connectivity index (χ4v) is 2.36. The zero-order valence-corrected chi connectivity index (χ0v) is 13.9. The predicted octanol–water partition coefficient (Wildman–Crippen LogP) is 4.04. The summed E-state index contributed by atoms with van der Waals surface area (Å²) >= 11 is 0. The SMILES string of the molecule is CCOC(=O)c1ccc(C)c(NC(=O)c2ccc(C)cc2C)c1. The topological polar surface area (TPSA) is 55.4 Å². The van der Waals surface area contributed by atoms with Gasteiger partial charge in [0.05, 0.1) is 12.2 Å². The van der Waals surface area contributed by atoms with Gasteiger partial charge in [0.1, 0.15) is 0 Å². The second-order valence-electron chi connectivity index (χ2n) is 5.52. The minimum absolute atomic E-state index is 0.188. The van der Waals surface area contributed by atoms with Gasteiger partial charge >= 0.3 is 5.97 Å². The Morgan fingerprint density at radius 1 is 1.00 bits per heavy atom. The van der Waals surface area contributed by atoms with Crippen molar-refractivity contribution in [1.82, 2.24) is 0 Å². The number of benzene rings is 2. The van der Waals surface area contributed by atoms with Crippen LogP contribution in [0, 0.1) is 20.8 Å². The fraction of sp³-hybridized carbons (Fsp3) is 0.263. The number of ether oxygens (including phenoxy) is 1. The van der Waals surface area contributed by atoms with Crippen LogP contribution >= 0.6 is 0 Å². The number of esters is 1. The first-order valence-electron chi connectivity index (χ1n) is 7.58. The highest BCUT2D eigenvalue weighted by molar-refractivity contribution is 6.06. The number of hydrogen-bond donors (Lipinski definition) is 1. The van der Waals surface area contributed by atoms with E-state index < -0.39 is 5.97 Å². The Morgan fingerprint density at radius 3 is 2.39 bits per heavy atom. The maximum Gasteiger partial charge on any atom is 0.338 e. The lowest BCUT2D eigenvalue weighted by Crippen LogP contribution is -2.15. The third-order valence-electron chi connectivity index (χ3n) is 3.62. The standard InChI is InChI=1S/C19H21NO3/c1-5-23-19(22)15-8-7-13(3)17(11-15)20-18(21)16-9-6-12(2)10-14(16)4/h6-11H,5H2,1-4H3,(H,20,21). The molecule has 120 valence electrons. The molecule has 2 rings (SSSR count). The Labute approximate surface area is 136 Å². The first-order chi connectivity index (χ1) is 10.9. The molecule has 4 heteroatoms. The summed E-state index contributed by atoms with van der Waals surface area (Å²) in [6.45, 7) is 7.85. The number of rotatable bonds is 4. The van der Waals surface area contributed by atoms with Gasteiger partial charge < -0.3 is 10.1 Å². The normalized spacial score (nSPS) is 10.3. The summed E-state index contributed by atoms with van der Waals surface area (Å²) in [6.07, 6.45) is 0. The number of carbonyl (C=O) groups is 2. The van der Waals surface area contributed by atoms with Gasteiger partial charge in [-0.15, -0.1) is 0 Å². The molecule has 0 bridgehead atoms. The quantitative estimate of drug-likeness (QED) is 0.867. The molecule has 0 heterocycles. The van der Waals surface area contributed by atoms with Crippen molar-refractivity contribution in [3.8, 4) is 0 Å². The summed E-state index contributed by atoms with van der Waals surface area (Å²) in [5.74, 6) is -0.582. The predicted molar refractivity (Wildman–Crippen MR) is 91.0 cm³/mol. The number of hydrogen-bond acceptors (Lipinski definition) is 3. The monoisotopic (exact) mass is 311 g/mol. The van der Waals surface area contributed by atoms with E-state index in [2.05, 4.69) is 5.32 Å². The number of anilines is 1. The van der Waals surface area contributed by atoms with Gasteiger partial charge in [-0.05, 0) is 57.0 Å². The van der Waals surface area contributed by atoms with Gasteiger partial charge in [0.15, 0.2) is 0 Å². The molecule has 0 fully saturated rings. The number of amides is 1. The molecular weight excluding hydrogens is 290 g/mol. The van der Waals surface area contributed by atoms with Gasteiger partial charge in [-0.2, -0.15) is 0 Å². The zero-order chi connectivity index (χ0) is 17.0. The minimum atomic E-state index is -0.394. The molecule has 1 amide bonds. The van der Waals surface area contributed by atoms with E-state index in [1.54, 1.807) is 25.1 Å². The van der Waals surface area contributed by atoms with Crippen LogP contribution in [0.3, 0.4) is 0 Å². The Kier molecular flexibility index (Phi) is 5.16. The maximum atomic E-state index is 12.5. The first-order valence-corrected chi connectivity index (χ1v) is 7.58. The lowest BCUT2D eigenvalue weighted by atomic mass is 10.0. The average molecular weight is 311 g/mol. The van der Waals surface area contributed by atoms with E-state index in [4.69, 9.17) is 4.74 Å². The van der Waals surface area contributed by atoms with Crippen molar-refractivity contribution in [3.05, 3.63) is 64.2 Å². The molecular formula is C19H21NO3. The van der Waals surface area contributed by atoms with Crippen LogP contribution in [0.25, 0.3) is 0 Å². The molecule has 2 aromatic rings. The van der Waals surface area contributed by atoms with E-state index in [0.717, 1.165) is 16.7 Å². The van der Waals surface area contributed by atoms with Crippen LogP contribution in [0.1, 0.15) is 44.3 Å². The average Bonchev–Trinajstić information content (AvgIpc) is 2.49. The highest BCUT2D eigenvalue weighted by atomic mass is 16.5. The summed E-state index contributed by atoms with van der Waals surface area (Å²) < 4.78 is 4.99. The maximum absolute atomic E-state index is 12.5. The Balaban J connectivity index is 2.26. The smallest absolute Gasteiger partial charge is 0.338 e. The van der Waals surface area contributed by atoms with E-state index in [-0.39, 0.29) is 5.91 Å². The van der Waals surface area contributed by atoms with Crippen LogP contribution < -0.4 is 5.32 Å². The molecule has 1 N–H and O–H groups in total. The molecule has 4 nitrogen and oxygen atoms in total. The number of nitrogens with one attached hydrogen (secondary N) is 1. The number of carbonyl (C=O) groups excluding carboxylic acids is 2. The van der Waals surface area contributed by atoms with Crippen LogP contribution in [0.15, 0.2) is 36.4 Å². The van der Waals surface area contributed by atoms with Crippen molar-refractivity contribution in [3.63, 3.8) is 0 Å².